The van der Waals surface area contributed by atoms with Gasteiger partial charge in [0.15, 0.2) is 0 Å². The molecule has 2 fully saturated rings. The lowest BCUT2D eigenvalue weighted by Crippen LogP contribution is -2.51. The molecule has 2 aliphatic rings. The number of amides is 1. The Kier molecular flexibility index (Phi) is 7.12. The largest absolute Gasteiger partial charge is 0.356 e. The number of carbonyl (C=O) groups excluding carboxylic acids is 1. The van der Waals surface area contributed by atoms with Crippen LogP contribution in [0.5, 0.6) is 0 Å². The summed E-state index contributed by atoms with van der Waals surface area (Å²) in [5.41, 5.74) is 2.02. The van der Waals surface area contributed by atoms with Gasteiger partial charge in [-0.05, 0) is 57.7 Å². The molecule has 2 aromatic rings. The molecule has 2 aliphatic heterocycles. The molecule has 0 radical (unpaired) electrons. The van der Waals surface area contributed by atoms with Crippen LogP contribution in [-0.2, 0) is 17.8 Å². The first-order valence-electron chi connectivity index (χ1n) is 11.6. The zero-order valence-electron chi connectivity index (χ0n) is 18.8. The van der Waals surface area contributed by atoms with Crippen LogP contribution in [0.4, 0.5) is 5.82 Å². The standard InChI is InChI=1S/C24H34N6O/c1-3-20-15-23(28-18(2)27-20)29-13-9-22(10-14-29)30-12-6-7-19(17-30)24(31)26-16-21-8-4-5-11-25-21/h4-5,8,11,15,19,22H,3,6-7,9-10,12-14,16-17H2,1-2H3,(H,26,31)/t19-/m0/s1. The molecule has 4 heterocycles. The Morgan fingerprint density at radius 2 is 1.97 bits per heavy atom. The van der Waals surface area contributed by atoms with Crippen LogP contribution in [0, 0.1) is 12.8 Å². The molecule has 166 valence electrons. The van der Waals surface area contributed by atoms with E-state index in [1.165, 1.54) is 0 Å². The molecule has 1 atom stereocenters. The summed E-state index contributed by atoms with van der Waals surface area (Å²) in [4.78, 5) is 31.2. The highest BCUT2D eigenvalue weighted by Gasteiger charge is 2.32. The highest BCUT2D eigenvalue weighted by Crippen LogP contribution is 2.26. The van der Waals surface area contributed by atoms with Gasteiger partial charge < -0.3 is 10.2 Å². The zero-order chi connectivity index (χ0) is 21.6. The minimum atomic E-state index is 0.0760. The van der Waals surface area contributed by atoms with Crippen LogP contribution in [-0.4, -0.2) is 58.0 Å². The summed E-state index contributed by atoms with van der Waals surface area (Å²) in [5, 5.41) is 3.09. The number of carbonyl (C=O) groups is 1. The normalized spacial score (nSPS) is 20.6. The fraction of sp³-hybridized carbons (Fsp3) is 0.583. The summed E-state index contributed by atoms with van der Waals surface area (Å²) in [6.07, 6.45) is 7.00. The molecular weight excluding hydrogens is 388 g/mol. The first kappa shape index (κ1) is 21.7. The van der Waals surface area contributed by atoms with Crippen LogP contribution in [0.1, 0.15) is 49.8 Å². The third-order valence-electron chi connectivity index (χ3n) is 6.54. The average Bonchev–Trinajstić information content (AvgIpc) is 2.83. The maximum absolute atomic E-state index is 12.7. The first-order valence-corrected chi connectivity index (χ1v) is 11.6. The molecule has 1 amide bonds. The molecule has 7 heteroatoms. The quantitative estimate of drug-likeness (QED) is 0.772. The summed E-state index contributed by atoms with van der Waals surface area (Å²) in [6.45, 7) is 8.60. The molecule has 1 N–H and O–H groups in total. The van der Waals surface area contributed by atoms with Crippen molar-refractivity contribution in [2.24, 2.45) is 5.92 Å². The fourth-order valence-electron chi connectivity index (χ4n) is 4.79. The minimum Gasteiger partial charge on any atom is -0.356 e. The number of hydrogen-bond donors (Lipinski definition) is 1. The lowest BCUT2D eigenvalue weighted by Gasteiger charge is -2.42. The number of hydrogen-bond acceptors (Lipinski definition) is 6. The Morgan fingerprint density at radius 1 is 1.13 bits per heavy atom. The van der Waals surface area contributed by atoms with Crippen molar-refractivity contribution in [1.29, 1.82) is 0 Å². The van der Waals surface area contributed by atoms with Crippen molar-refractivity contribution < 1.29 is 4.79 Å². The van der Waals surface area contributed by atoms with Crippen molar-refractivity contribution in [2.75, 3.05) is 31.1 Å². The highest BCUT2D eigenvalue weighted by atomic mass is 16.1. The van der Waals surface area contributed by atoms with E-state index in [2.05, 4.69) is 43.1 Å². The number of aryl methyl sites for hydroxylation is 2. The Balaban J connectivity index is 1.28. The molecule has 2 aromatic heterocycles. The monoisotopic (exact) mass is 422 g/mol. The number of piperidine rings is 2. The third kappa shape index (κ3) is 5.58. The molecule has 31 heavy (non-hydrogen) atoms. The van der Waals surface area contributed by atoms with E-state index < -0.39 is 0 Å². The van der Waals surface area contributed by atoms with Gasteiger partial charge in [-0.2, -0.15) is 0 Å². The Hall–Kier alpha value is -2.54. The molecule has 2 saturated heterocycles. The van der Waals surface area contributed by atoms with Crippen LogP contribution in [0.3, 0.4) is 0 Å². The molecule has 0 aromatic carbocycles. The van der Waals surface area contributed by atoms with Gasteiger partial charge in [0, 0.05) is 43.6 Å². The van der Waals surface area contributed by atoms with Crippen molar-refractivity contribution >= 4 is 11.7 Å². The number of anilines is 1. The molecule has 0 spiro atoms. The number of pyridine rings is 1. The van der Waals surface area contributed by atoms with E-state index >= 15 is 0 Å². The van der Waals surface area contributed by atoms with Gasteiger partial charge in [-0.1, -0.05) is 13.0 Å². The van der Waals surface area contributed by atoms with Crippen molar-refractivity contribution in [1.82, 2.24) is 25.2 Å². The maximum atomic E-state index is 12.7. The summed E-state index contributed by atoms with van der Waals surface area (Å²) in [7, 11) is 0. The van der Waals surface area contributed by atoms with Crippen molar-refractivity contribution in [2.45, 2.75) is 58.5 Å². The van der Waals surface area contributed by atoms with Gasteiger partial charge in [0.2, 0.25) is 5.91 Å². The summed E-state index contributed by atoms with van der Waals surface area (Å²) >= 11 is 0. The number of rotatable bonds is 6. The van der Waals surface area contributed by atoms with E-state index in [1.54, 1.807) is 6.20 Å². The van der Waals surface area contributed by atoms with E-state index in [-0.39, 0.29) is 11.8 Å². The molecular formula is C24H34N6O. The van der Waals surface area contributed by atoms with Crippen LogP contribution in [0.2, 0.25) is 0 Å². The zero-order valence-corrected chi connectivity index (χ0v) is 18.8. The Morgan fingerprint density at radius 3 is 2.71 bits per heavy atom. The smallest absolute Gasteiger partial charge is 0.224 e. The van der Waals surface area contributed by atoms with Gasteiger partial charge in [-0.3, -0.25) is 14.7 Å². The third-order valence-corrected chi connectivity index (χ3v) is 6.54. The van der Waals surface area contributed by atoms with E-state index in [4.69, 9.17) is 0 Å². The topological polar surface area (TPSA) is 74.2 Å². The number of likely N-dealkylation sites (tertiary alicyclic amines) is 1. The van der Waals surface area contributed by atoms with Gasteiger partial charge in [0.05, 0.1) is 18.2 Å². The number of nitrogens with one attached hydrogen (secondary N) is 1. The maximum Gasteiger partial charge on any atom is 0.224 e. The van der Waals surface area contributed by atoms with E-state index in [9.17, 15) is 4.79 Å². The van der Waals surface area contributed by atoms with Gasteiger partial charge in [0.1, 0.15) is 11.6 Å². The molecule has 0 unspecified atom stereocenters. The molecule has 0 bridgehead atoms. The van der Waals surface area contributed by atoms with Gasteiger partial charge in [-0.25, -0.2) is 9.97 Å². The minimum absolute atomic E-state index is 0.0760. The second-order valence-electron chi connectivity index (χ2n) is 8.71. The predicted octanol–water partition coefficient (Wildman–Crippen LogP) is 2.74. The fourth-order valence-corrected chi connectivity index (χ4v) is 4.79. The van der Waals surface area contributed by atoms with E-state index in [1.807, 2.05) is 25.1 Å². The Labute approximate surface area is 185 Å². The number of nitrogens with zero attached hydrogens (tertiary/aromatic N) is 5. The highest BCUT2D eigenvalue weighted by molar-refractivity contribution is 5.78. The molecule has 4 rings (SSSR count). The van der Waals surface area contributed by atoms with E-state index in [0.717, 1.165) is 81.3 Å². The first-order chi connectivity index (χ1) is 15.1. The lowest BCUT2D eigenvalue weighted by molar-refractivity contribution is -0.127. The number of aromatic nitrogens is 3. The SMILES string of the molecule is CCc1cc(N2CCC(N3CCC[C@H](C(=O)NCc4ccccn4)C3)CC2)nc(C)n1. The van der Waals surface area contributed by atoms with Gasteiger partial charge >= 0.3 is 0 Å². The summed E-state index contributed by atoms with van der Waals surface area (Å²) in [6, 6.07) is 8.48. The van der Waals surface area contributed by atoms with Crippen molar-refractivity contribution in [3.05, 3.63) is 47.7 Å². The second kappa shape index (κ2) is 10.2. The van der Waals surface area contributed by atoms with Crippen LogP contribution >= 0.6 is 0 Å². The second-order valence-corrected chi connectivity index (χ2v) is 8.71. The van der Waals surface area contributed by atoms with Gasteiger partial charge in [-0.15, -0.1) is 0 Å². The molecule has 0 saturated carbocycles. The van der Waals surface area contributed by atoms with E-state index in [0.29, 0.717) is 12.6 Å². The predicted molar refractivity (Wildman–Crippen MR) is 122 cm³/mol. The van der Waals surface area contributed by atoms with Crippen molar-refractivity contribution in [3.63, 3.8) is 0 Å². The summed E-state index contributed by atoms with van der Waals surface area (Å²) in [5.74, 6) is 2.16. The van der Waals surface area contributed by atoms with Crippen LogP contribution < -0.4 is 10.2 Å². The van der Waals surface area contributed by atoms with Crippen molar-refractivity contribution in [3.8, 4) is 0 Å². The summed E-state index contributed by atoms with van der Waals surface area (Å²) < 4.78 is 0. The van der Waals surface area contributed by atoms with Gasteiger partial charge in [0.25, 0.3) is 0 Å². The molecule has 0 aliphatic carbocycles. The average molecular weight is 423 g/mol. The van der Waals surface area contributed by atoms with Crippen LogP contribution in [0.15, 0.2) is 30.5 Å². The Bertz CT molecular complexity index is 866. The van der Waals surface area contributed by atoms with Crippen LogP contribution in [0.25, 0.3) is 0 Å². The molecule has 7 nitrogen and oxygen atoms in total. The lowest BCUT2D eigenvalue weighted by atomic mass is 9.93.